The van der Waals surface area contributed by atoms with Gasteiger partial charge in [-0.25, -0.2) is 0 Å². The average Bonchev–Trinajstić information content (AvgIpc) is 2.78. The highest BCUT2D eigenvalue weighted by Crippen LogP contribution is 2.27. The van der Waals surface area contributed by atoms with Gasteiger partial charge in [0.2, 0.25) is 5.91 Å². The molecule has 3 rings (SSSR count). The van der Waals surface area contributed by atoms with Gasteiger partial charge in [-0.1, -0.05) is 46.8 Å². The predicted molar refractivity (Wildman–Crippen MR) is 122 cm³/mol. The number of carbonyl (C=O) groups excluding carboxylic acids is 3. The van der Waals surface area contributed by atoms with E-state index >= 15 is 0 Å². The van der Waals surface area contributed by atoms with Gasteiger partial charge in [0.1, 0.15) is 5.75 Å². The third-order valence-electron chi connectivity index (χ3n) is 4.96. The van der Waals surface area contributed by atoms with Crippen LogP contribution in [0.15, 0.2) is 46.9 Å². The Morgan fingerprint density at radius 3 is 2.39 bits per heavy atom. The number of benzene rings is 2. The van der Waals surface area contributed by atoms with Crippen molar-refractivity contribution >= 4 is 50.9 Å². The molecular formula is C22H23BrClN3O4. The van der Waals surface area contributed by atoms with Gasteiger partial charge >= 0.3 is 0 Å². The molecule has 1 saturated carbocycles. The highest BCUT2D eigenvalue weighted by molar-refractivity contribution is 9.10. The normalized spacial score (nSPS) is 13.9. The molecule has 0 spiro atoms. The van der Waals surface area contributed by atoms with Crippen molar-refractivity contribution in [2.24, 2.45) is 5.92 Å². The lowest BCUT2D eigenvalue weighted by Crippen LogP contribution is -2.43. The van der Waals surface area contributed by atoms with Gasteiger partial charge in [0.15, 0.2) is 6.61 Å². The molecule has 9 heteroatoms. The Balaban J connectivity index is 1.43. The van der Waals surface area contributed by atoms with E-state index in [1.54, 1.807) is 42.5 Å². The molecule has 0 saturated heterocycles. The van der Waals surface area contributed by atoms with E-state index in [0.29, 0.717) is 22.0 Å². The van der Waals surface area contributed by atoms with Gasteiger partial charge < -0.3 is 10.1 Å². The van der Waals surface area contributed by atoms with Crippen molar-refractivity contribution in [3.63, 3.8) is 0 Å². The molecule has 0 heterocycles. The molecule has 0 aliphatic heterocycles. The Morgan fingerprint density at radius 1 is 1.00 bits per heavy atom. The minimum Gasteiger partial charge on any atom is -0.482 e. The van der Waals surface area contributed by atoms with Crippen LogP contribution in [0.1, 0.15) is 42.5 Å². The molecule has 0 radical (unpaired) electrons. The maximum absolute atomic E-state index is 12.3. The van der Waals surface area contributed by atoms with Crippen LogP contribution in [0.4, 0.5) is 5.69 Å². The molecule has 2 aromatic rings. The number of hydrogen-bond acceptors (Lipinski definition) is 4. The second-order valence-electron chi connectivity index (χ2n) is 7.27. The molecule has 1 aliphatic carbocycles. The first-order valence-corrected chi connectivity index (χ1v) is 11.2. The highest BCUT2D eigenvalue weighted by Gasteiger charge is 2.21. The number of ether oxygens (including phenoxy) is 1. The highest BCUT2D eigenvalue weighted by atomic mass is 79.9. The topological polar surface area (TPSA) is 96.5 Å². The number of anilines is 1. The minimum atomic E-state index is -0.538. The second kappa shape index (κ2) is 11.2. The average molecular weight is 509 g/mol. The quantitative estimate of drug-likeness (QED) is 0.502. The molecule has 0 bridgehead atoms. The van der Waals surface area contributed by atoms with E-state index in [1.165, 1.54) is 6.42 Å². The van der Waals surface area contributed by atoms with E-state index in [2.05, 4.69) is 32.1 Å². The smallest absolute Gasteiger partial charge is 0.276 e. The Hall–Kier alpha value is -2.58. The summed E-state index contributed by atoms with van der Waals surface area (Å²) in [7, 11) is 0. The zero-order valence-electron chi connectivity index (χ0n) is 16.8. The van der Waals surface area contributed by atoms with Crippen molar-refractivity contribution in [1.29, 1.82) is 0 Å². The fourth-order valence-electron chi connectivity index (χ4n) is 3.28. The van der Waals surface area contributed by atoms with Crippen molar-refractivity contribution in [2.75, 3.05) is 11.9 Å². The number of amides is 3. The SMILES string of the molecule is O=C(COc1ccc(Br)cc1Cl)NNC(=O)c1ccc(NC(=O)C2CCCCC2)cc1. The lowest BCUT2D eigenvalue weighted by molar-refractivity contribution is -0.124. The van der Waals surface area contributed by atoms with Gasteiger partial charge in [-0.15, -0.1) is 0 Å². The van der Waals surface area contributed by atoms with E-state index < -0.39 is 11.8 Å². The summed E-state index contributed by atoms with van der Waals surface area (Å²) < 4.78 is 6.13. The van der Waals surface area contributed by atoms with Crippen LogP contribution >= 0.6 is 27.5 Å². The summed E-state index contributed by atoms with van der Waals surface area (Å²) in [6.45, 7) is -0.312. The van der Waals surface area contributed by atoms with E-state index in [1.807, 2.05) is 0 Å². The molecule has 0 unspecified atom stereocenters. The van der Waals surface area contributed by atoms with Gasteiger partial charge in [0.05, 0.1) is 5.02 Å². The van der Waals surface area contributed by atoms with Crippen molar-refractivity contribution < 1.29 is 19.1 Å². The Morgan fingerprint density at radius 2 is 1.71 bits per heavy atom. The zero-order valence-corrected chi connectivity index (χ0v) is 19.1. The summed E-state index contributed by atoms with van der Waals surface area (Å²) in [6, 6.07) is 11.5. The fourth-order valence-corrected chi connectivity index (χ4v) is 4.01. The predicted octanol–water partition coefficient (Wildman–Crippen LogP) is 4.46. The van der Waals surface area contributed by atoms with Crippen LogP contribution in [0.25, 0.3) is 0 Å². The number of hydrazine groups is 1. The third-order valence-corrected chi connectivity index (χ3v) is 5.75. The molecular weight excluding hydrogens is 486 g/mol. The van der Waals surface area contributed by atoms with Crippen molar-refractivity contribution in [2.45, 2.75) is 32.1 Å². The number of halogens is 2. The standard InChI is InChI=1S/C22H23BrClN3O4/c23-16-8-11-19(18(24)12-16)31-13-20(28)26-27-22(30)15-6-9-17(10-7-15)25-21(29)14-4-2-1-3-5-14/h6-12,14H,1-5,13H2,(H,25,29)(H,26,28)(H,27,30). The molecule has 3 N–H and O–H groups in total. The molecule has 0 aromatic heterocycles. The third kappa shape index (κ3) is 6.97. The summed E-state index contributed by atoms with van der Waals surface area (Å²) in [4.78, 5) is 36.4. The molecule has 164 valence electrons. The number of rotatable bonds is 6. The zero-order chi connectivity index (χ0) is 22.2. The van der Waals surface area contributed by atoms with Crippen LogP contribution in [0.2, 0.25) is 5.02 Å². The molecule has 3 amide bonds. The Kier molecular flexibility index (Phi) is 8.31. The van der Waals surface area contributed by atoms with E-state index in [-0.39, 0.29) is 18.4 Å². The summed E-state index contributed by atoms with van der Waals surface area (Å²) in [5, 5.41) is 3.26. The lowest BCUT2D eigenvalue weighted by Gasteiger charge is -2.20. The van der Waals surface area contributed by atoms with Crippen LogP contribution in [0.3, 0.4) is 0 Å². The number of nitrogens with one attached hydrogen (secondary N) is 3. The first kappa shape index (κ1) is 23.1. The fraction of sp³-hybridized carbons (Fsp3) is 0.318. The van der Waals surface area contributed by atoms with Crippen LogP contribution in [-0.4, -0.2) is 24.3 Å². The van der Waals surface area contributed by atoms with Gasteiger partial charge in [-0.05, 0) is 55.3 Å². The van der Waals surface area contributed by atoms with Crippen LogP contribution in [0, 0.1) is 5.92 Å². The summed E-state index contributed by atoms with van der Waals surface area (Å²) in [5.74, 6) is -0.586. The maximum Gasteiger partial charge on any atom is 0.276 e. The summed E-state index contributed by atoms with van der Waals surface area (Å²) in [5.41, 5.74) is 5.59. The molecule has 31 heavy (non-hydrogen) atoms. The summed E-state index contributed by atoms with van der Waals surface area (Å²) >= 11 is 9.31. The molecule has 1 aliphatic rings. The molecule has 1 fully saturated rings. The molecule has 0 atom stereocenters. The van der Waals surface area contributed by atoms with Gasteiger partial charge in [0, 0.05) is 21.6 Å². The van der Waals surface area contributed by atoms with Crippen molar-refractivity contribution in [3.8, 4) is 5.75 Å². The first-order valence-electron chi connectivity index (χ1n) is 10.0. The second-order valence-corrected chi connectivity index (χ2v) is 8.59. The van der Waals surface area contributed by atoms with E-state index in [4.69, 9.17) is 16.3 Å². The Bertz CT molecular complexity index is 946. The number of hydrogen-bond donors (Lipinski definition) is 3. The largest absolute Gasteiger partial charge is 0.482 e. The van der Waals surface area contributed by atoms with Crippen molar-refractivity contribution in [3.05, 3.63) is 57.5 Å². The Labute approximate surface area is 194 Å². The van der Waals surface area contributed by atoms with Crippen LogP contribution in [0.5, 0.6) is 5.75 Å². The van der Waals surface area contributed by atoms with Crippen molar-refractivity contribution in [1.82, 2.24) is 10.9 Å². The number of carbonyl (C=O) groups is 3. The first-order chi connectivity index (χ1) is 14.9. The molecule has 2 aromatic carbocycles. The maximum atomic E-state index is 12.3. The summed E-state index contributed by atoms with van der Waals surface area (Å²) in [6.07, 6.45) is 5.20. The minimum absolute atomic E-state index is 0.0232. The van der Waals surface area contributed by atoms with Gasteiger partial charge in [0.25, 0.3) is 11.8 Å². The molecule has 7 nitrogen and oxygen atoms in total. The van der Waals surface area contributed by atoms with E-state index in [0.717, 1.165) is 30.2 Å². The monoisotopic (exact) mass is 507 g/mol. The van der Waals surface area contributed by atoms with Crippen LogP contribution < -0.4 is 20.9 Å². The van der Waals surface area contributed by atoms with Gasteiger partial charge in [-0.2, -0.15) is 0 Å². The van der Waals surface area contributed by atoms with Gasteiger partial charge in [-0.3, -0.25) is 25.2 Å². The lowest BCUT2D eigenvalue weighted by atomic mass is 9.88. The van der Waals surface area contributed by atoms with E-state index in [9.17, 15) is 14.4 Å². The van der Waals surface area contributed by atoms with Crippen LogP contribution in [-0.2, 0) is 9.59 Å².